The number of thioether (sulfide) groups is 1. The SMILES string of the molecule is Cc1cc(/C=C2/SC(=NC(C)C)N(C(C)C)C2=O)c(C)n1-c1ccc(OCc2ccccc2Cl)cc1. The van der Waals surface area contributed by atoms with Crippen molar-refractivity contribution in [1.29, 1.82) is 0 Å². The predicted octanol–water partition coefficient (Wildman–Crippen LogP) is 7.42. The topological polar surface area (TPSA) is 46.8 Å². The molecule has 1 saturated heterocycles. The van der Waals surface area contributed by atoms with Crippen molar-refractivity contribution in [2.75, 3.05) is 0 Å². The summed E-state index contributed by atoms with van der Waals surface area (Å²) in [6, 6.07) is 18.0. The minimum Gasteiger partial charge on any atom is -0.489 e. The summed E-state index contributed by atoms with van der Waals surface area (Å²) in [5.74, 6) is 0.793. The fraction of sp³-hybridized carbons (Fsp3) is 0.310. The number of benzene rings is 2. The molecule has 1 aliphatic rings. The van der Waals surface area contributed by atoms with Gasteiger partial charge in [0.1, 0.15) is 12.4 Å². The van der Waals surface area contributed by atoms with Crippen molar-refractivity contribution in [3.8, 4) is 11.4 Å². The number of ether oxygens (including phenoxy) is 1. The van der Waals surface area contributed by atoms with Crippen LogP contribution in [0.25, 0.3) is 11.8 Å². The van der Waals surface area contributed by atoms with Crippen LogP contribution in [0.3, 0.4) is 0 Å². The maximum absolute atomic E-state index is 13.2. The molecule has 2 heterocycles. The molecule has 188 valence electrons. The Kier molecular flexibility index (Phi) is 7.96. The number of carbonyl (C=O) groups excluding carboxylic acids is 1. The largest absolute Gasteiger partial charge is 0.489 e. The Balaban J connectivity index is 1.56. The van der Waals surface area contributed by atoms with Gasteiger partial charge in [-0.3, -0.25) is 14.7 Å². The number of aromatic nitrogens is 1. The standard InChI is InChI=1S/C29H32ClN3O2S/c1-18(2)31-29-32(19(3)4)28(34)27(36-29)16-23-15-20(5)33(21(23)6)24-11-13-25(14-12-24)35-17-22-9-7-8-10-26(22)30/h7-16,18-19H,17H2,1-6H3/b27-16+,31-29?. The molecule has 0 spiro atoms. The van der Waals surface area contributed by atoms with Gasteiger partial charge in [0.2, 0.25) is 0 Å². The third-order valence-corrected chi connectivity index (χ3v) is 7.29. The average Bonchev–Trinajstić information content (AvgIpc) is 3.27. The van der Waals surface area contributed by atoms with E-state index in [1.807, 2.05) is 82.3 Å². The number of halogens is 1. The lowest BCUT2D eigenvalue weighted by Crippen LogP contribution is -2.35. The fourth-order valence-corrected chi connectivity index (χ4v) is 5.61. The summed E-state index contributed by atoms with van der Waals surface area (Å²) in [6.45, 7) is 12.7. The molecular formula is C29H32ClN3O2S. The first-order valence-corrected chi connectivity index (χ1v) is 13.3. The molecular weight excluding hydrogens is 490 g/mol. The summed E-state index contributed by atoms with van der Waals surface area (Å²) < 4.78 is 8.13. The molecule has 1 aromatic heterocycles. The van der Waals surface area contributed by atoms with Crippen LogP contribution in [0.5, 0.6) is 5.75 Å². The van der Waals surface area contributed by atoms with Gasteiger partial charge in [0.05, 0.1) is 4.91 Å². The van der Waals surface area contributed by atoms with Gasteiger partial charge in [-0.15, -0.1) is 0 Å². The van der Waals surface area contributed by atoms with Gasteiger partial charge in [0, 0.05) is 39.7 Å². The zero-order valence-corrected chi connectivity index (χ0v) is 23.2. The lowest BCUT2D eigenvalue weighted by atomic mass is 10.2. The number of aryl methyl sites for hydroxylation is 1. The second-order valence-electron chi connectivity index (χ2n) is 9.42. The third-order valence-electron chi connectivity index (χ3n) is 5.93. The number of amides is 1. The Morgan fingerprint density at radius 1 is 1.06 bits per heavy atom. The Morgan fingerprint density at radius 2 is 1.75 bits per heavy atom. The Morgan fingerprint density at radius 3 is 2.39 bits per heavy atom. The van der Waals surface area contributed by atoms with Crippen molar-refractivity contribution < 1.29 is 9.53 Å². The molecule has 0 atom stereocenters. The number of carbonyl (C=O) groups is 1. The first kappa shape index (κ1) is 26.1. The molecule has 1 amide bonds. The van der Waals surface area contributed by atoms with Crippen LogP contribution >= 0.6 is 23.4 Å². The summed E-state index contributed by atoms with van der Waals surface area (Å²) >= 11 is 7.69. The van der Waals surface area contributed by atoms with Gasteiger partial charge in [-0.25, -0.2) is 0 Å². The van der Waals surface area contributed by atoms with Crippen LogP contribution in [0.15, 0.2) is 64.5 Å². The van der Waals surface area contributed by atoms with E-state index in [9.17, 15) is 4.79 Å². The highest BCUT2D eigenvalue weighted by Crippen LogP contribution is 2.35. The van der Waals surface area contributed by atoms with E-state index in [1.54, 1.807) is 4.90 Å². The fourth-order valence-electron chi connectivity index (χ4n) is 4.19. The molecule has 36 heavy (non-hydrogen) atoms. The maximum atomic E-state index is 13.2. The summed E-state index contributed by atoms with van der Waals surface area (Å²) in [7, 11) is 0. The molecule has 2 aromatic carbocycles. The lowest BCUT2D eigenvalue weighted by Gasteiger charge is -2.20. The molecule has 1 fully saturated rings. The monoisotopic (exact) mass is 521 g/mol. The third kappa shape index (κ3) is 5.55. The zero-order chi connectivity index (χ0) is 26.0. The lowest BCUT2D eigenvalue weighted by molar-refractivity contribution is -0.123. The Labute approximate surface area is 222 Å². The van der Waals surface area contributed by atoms with Gasteiger partial charge in [-0.05, 0) is 101 Å². The highest BCUT2D eigenvalue weighted by atomic mass is 35.5. The smallest absolute Gasteiger partial charge is 0.266 e. The van der Waals surface area contributed by atoms with Gasteiger partial charge in [0.25, 0.3) is 5.91 Å². The molecule has 0 bridgehead atoms. The van der Waals surface area contributed by atoms with E-state index in [1.165, 1.54) is 11.8 Å². The van der Waals surface area contributed by atoms with Crippen molar-refractivity contribution in [2.24, 2.45) is 4.99 Å². The molecule has 0 unspecified atom stereocenters. The second kappa shape index (κ2) is 11.0. The minimum absolute atomic E-state index is 0.0132. The number of hydrogen-bond acceptors (Lipinski definition) is 4. The predicted molar refractivity (Wildman–Crippen MR) is 151 cm³/mol. The van der Waals surface area contributed by atoms with E-state index in [-0.39, 0.29) is 18.0 Å². The van der Waals surface area contributed by atoms with Crippen molar-refractivity contribution in [3.63, 3.8) is 0 Å². The summed E-state index contributed by atoms with van der Waals surface area (Å²) in [6.07, 6.45) is 1.99. The average molecular weight is 522 g/mol. The van der Waals surface area contributed by atoms with E-state index in [2.05, 4.69) is 29.5 Å². The molecule has 5 nitrogen and oxygen atoms in total. The number of amidine groups is 1. The van der Waals surface area contributed by atoms with E-state index < -0.39 is 0 Å². The van der Waals surface area contributed by atoms with E-state index in [0.29, 0.717) is 16.5 Å². The quantitative estimate of drug-likeness (QED) is 0.304. The zero-order valence-electron chi connectivity index (χ0n) is 21.6. The molecule has 0 aliphatic carbocycles. The molecule has 1 aliphatic heterocycles. The Bertz CT molecular complexity index is 1320. The highest BCUT2D eigenvalue weighted by molar-refractivity contribution is 8.18. The number of rotatable bonds is 7. The van der Waals surface area contributed by atoms with Crippen molar-refractivity contribution in [1.82, 2.24) is 9.47 Å². The summed E-state index contributed by atoms with van der Waals surface area (Å²) in [5.41, 5.74) is 5.18. The molecule has 7 heteroatoms. The van der Waals surface area contributed by atoms with Crippen molar-refractivity contribution in [2.45, 2.75) is 60.2 Å². The van der Waals surface area contributed by atoms with E-state index in [4.69, 9.17) is 16.3 Å². The van der Waals surface area contributed by atoms with Gasteiger partial charge in [-0.1, -0.05) is 29.8 Å². The van der Waals surface area contributed by atoms with Gasteiger partial charge < -0.3 is 9.30 Å². The van der Waals surface area contributed by atoms with Crippen LogP contribution < -0.4 is 4.74 Å². The second-order valence-corrected chi connectivity index (χ2v) is 10.8. The van der Waals surface area contributed by atoms with Crippen LogP contribution in [0.1, 0.15) is 50.2 Å². The summed E-state index contributed by atoms with van der Waals surface area (Å²) in [4.78, 5) is 20.3. The molecule has 0 saturated carbocycles. The minimum atomic E-state index is 0.0132. The molecule has 3 aromatic rings. The van der Waals surface area contributed by atoms with Crippen LogP contribution in [-0.2, 0) is 11.4 Å². The van der Waals surface area contributed by atoms with E-state index >= 15 is 0 Å². The number of aliphatic imine (C=N–C) groups is 1. The number of nitrogens with zero attached hydrogens (tertiary/aromatic N) is 3. The highest BCUT2D eigenvalue weighted by Gasteiger charge is 2.35. The van der Waals surface area contributed by atoms with Gasteiger partial charge in [0.15, 0.2) is 5.17 Å². The normalized spacial score (nSPS) is 16.2. The van der Waals surface area contributed by atoms with Crippen LogP contribution in [0, 0.1) is 13.8 Å². The van der Waals surface area contributed by atoms with Crippen molar-refractivity contribution >= 4 is 40.5 Å². The summed E-state index contributed by atoms with van der Waals surface area (Å²) in [5, 5.41) is 1.48. The molecule has 0 N–H and O–H groups in total. The van der Waals surface area contributed by atoms with Crippen LogP contribution in [-0.4, -0.2) is 32.6 Å². The Hall–Kier alpha value is -2.96. The van der Waals surface area contributed by atoms with E-state index in [0.717, 1.165) is 39.1 Å². The maximum Gasteiger partial charge on any atom is 0.266 e. The first-order chi connectivity index (χ1) is 17.2. The van der Waals surface area contributed by atoms with Crippen LogP contribution in [0.4, 0.5) is 0 Å². The molecule has 0 radical (unpaired) electrons. The number of hydrogen-bond donors (Lipinski definition) is 0. The van der Waals surface area contributed by atoms with Gasteiger partial charge >= 0.3 is 0 Å². The first-order valence-electron chi connectivity index (χ1n) is 12.1. The molecule has 4 rings (SSSR count). The van der Waals surface area contributed by atoms with Crippen molar-refractivity contribution in [3.05, 3.63) is 87.0 Å². The van der Waals surface area contributed by atoms with Gasteiger partial charge in [-0.2, -0.15) is 0 Å². The van der Waals surface area contributed by atoms with Crippen LogP contribution in [0.2, 0.25) is 5.02 Å².